The van der Waals surface area contributed by atoms with Crippen molar-refractivity contribution in [1.29, 1.82) is 0 Å². The van der Waals surface area contributed by atoms with E-state index in [1.165, 1.54) is 10.4 Å². The van der Waals surface area contributed by atoms with E-state index in [1.54, 1.807) is 0 Å². The molecule has 0 N–H and O–H groups in total. The third-order valence-electron chi connectivity index (χ3n) is 3.20. The van der Waals surface area contributed by atoms with Crippen molar-refractivity contribution in [2.75, 3.05) is 0 Å². The molecule has 0 aliphatic rings. The van der Waals surface area contributed by atoms with Crippen LogP contribution in [0.25, 0.3) is 11.0 Å². The largest absolute Gasteiger partial charge is 0.231 e. The summed E-state index contributed by atoms with van der Waals surface area (Å²) in [6, 6.07) is 4.43. The average molecular weight is 329 g/mol. The van der Waals surface area contributed by atoms with Crippen molar-refractivity contribution < 1.29 is 0 Å². The van der Waals surface area contributed by atoms with E-state index in [0.29, 0.717) is 10.3 Å². The molecule has 2 nitrogen and oxygen atoms in total. The molecule has 0 fully saturated rings. The fraction of sp³-hybridized carbons (Fsp3) is 0.385. The molecule has 0 aliphatic heterocycles. The maximum absolute atomic E-state index is 6.06. The van der Waals surface area contributed by atoms with Crippen molar-refractivity contribution >= 4 is 61.5 Å². The molecular weight excluding hydrogens is 311 g/mol. The van der Waals surface area contributed by atoms with E-state index in [9.17, 15) is 0 Å². The van der Waals surface area contributed by atoms with Crippen LogP contribution in [0.15, 0.2) is 12.1 Å². The van der Waals surface area contributed by atoms with Crippen LogP contribution in [-0.4, -0.2) is 26.8 Å². The molecule has 2 rings (SSSR count). The quantitative estimate of drug-likeness (QED) is 0.791. The first kappa shape index (κ1) is 15.0. The molecule has 0 amide bonds. The monoisotopic (exact) mass is 328 g/mol. The first-order chi connectivity index (χ1) is 8.71. The van der Waals surface area contributed by atoms with Gasteiger partial charge in [-0.05, 0) is 10.4 Å². The van der Waals surface area contributed by atoms with Gasteiger partial charge in [0.25, 0.3) is 0 Å². The van der Waals surface area contributed by atoms with Gasteiger partial charge in [0.15, 0.2) is 10.3 Å². The van der Waals surface area contributed by atoms with Crippen LogP contribution in [0.2, 0.25) is 43.0 Å². The Kier molecular flexibility index (Phi) is 4.07. The smallest absolute Gasteiger partial charge is 0.167 e. The number of fused-ring (bicyclic) bond motifs is 1. The molecule has 2 aromatic rings. The van der Waals surface area contributed by atoms with Crippen molar-refractivity contribution in [3.63, 3.8) is 0 Å². The van der Waals surface area contributed by atoms with Crippen molar-refractivity contribution in [3.8, 4) is 0 Å². The molecule has 0 saturated heterocycles. The molecule has 0 aliphatic carbocycles. The minimum atomic E-state index is -1.48. The van der Waals surface area contributed by atoms with E-state index in [2.05, 4.69) is 54.8 Å². The van der Waals surface area contributed by atoms with Crippen LogP contribution >= 0.6 is 23.2 Å². The summed E-state index contributed by atoms with van der Waals surface area (Å²) in [5, 5.41) is 3.21. The van der Waals surface area contributed by atoms with Gasteiger partial charge in [-0.25, -0.2) is 9.97 Å². The van der Waals surface area contributed by atoms with Gasteiger partial charge < -0.3 is 0 Å². The lowest BCUT2D eigenvalue weighted by atomic mass is 10.3. The van der Waals surface area contributed by atoms with Gasteiger partial charge in [-0.1, -0.05) is 68.1 Å². The van der Waals surface area contributed by atoms with Crippen LogP contribution in [0.1, 0.15) is 0 Å². The maximum Gasteiger partial charge on any atom is 0.167 e. The molecule has 6 heteroatoms. The molecule has 1 aromatic heterocycles. The van der Waals surface area contributed by atoms with Crippen LogP contribution in [-0.2, 0) is 0 Å². The van der Waals surface area contributed by atoms with Gasteiger partial charge in [-0.2, -0.15) is 0 Å². The van der Waals surface area contributed by atoms with Crippen molar-refractivity contribution in [1.82, 2.24) is 9.97 Å². The Morgan fingerprint density at radius 1 is 0.947 bits per heavy atom. The topological polar surface area (TPSA) is 25.8 Å². The third kappa shape index (κ3) is 2.86. The Labute approximate surface area is 126 Å². The Morgan fingerprint density at radius 3 is 1.95 bits per heavy atom. The van der Waals surface area contributed by atoms with Crippen LogP contribution in [0.3, 0.4) is 0 Å². The van der Waals surface area contributed by atoms with Gasteiger partial charge in [-0.3, -0.25) is 0 Å². The van der Waals surface area contributed by atoms with Gasteiger partial charge in [0, 0.05) is 0 Å². The number of aromatic nitrogens is 2. The zero-order chi connectivity index (χ0) is 14.4. The summed E-state index contributed by atoms with van der Waals surface area (Å²) < 4.78 is 0. The lowest BCUT2D eigenvalue weighted by molar-refractivity contribution is 1.30. The molecule has 0 radical (unpaired) electrons. The third-order valence-corrected chi connectivity index (χ3v) is 7.56. The fourth-order valence-electron chi connectivity index (χ4n) is 2.19. The average Bonchev–Trinajstić information content (AvgIpc) is 2.27. The van der Waals surface area contributed by atoms with Crippen LogP contribution in [0.5, 0.6) is 0 Å². The Bertz CT molecular complexity index is 637. The minimum Gasteiger partial charge on any atom is -0.231 e. The second-order valence-electron chi connectivity index (χ2n) is 6.11. The highest BCUT2D eigenvalue weighted by molar-refractivity contribution is 6.90. The van der Waals surface area contributed by atoms with Gasteiger partial charge in [0.1, 0.15) is 0 Å². The van der Waals surface area contributed by atoms with E-state index >= 15 is 0 Å². The summed E-state index contributed by atoms with van der Waals surface area (Å²) in [6.07, 6.45) is 0. The van der Waals surface area contributed by atoms with Crippen molar-refractivity contribution in [2.45, 2.75) is 32.7 Å². The van der Waals surface area contributed by atoms with Gasteiger partial charge >= 0.3 is 0 Å². The number of nitrogens with zero attached hydrogens (tertiary/aromatic N) is 2. The van der Waals surface area contributed by atoms with Gasteiger partial charge in [-0.15, -0.1) is 0 Å². The van der Waals surface area contributed by atoms with Crippen LogP contribution in [0.4, 0.5) is 0 Å². The molecular formula is C13H18Cl2N2Si2. The molecule has 0 atom stereocenters. The summed E-state index contributed by atoms with van der Waals surface area (Å²) in [5.41, 5.74) is 1.91. The van der Waals surface area contributed by atoms with E-state index in [0.717, 1.165) is 11.0 Å². The second-order valence-corrected chi connectivity index (χ2v) is 14.8. The second kappa shape index (κ2) is 5.16. The lowest BCUT2D eigenvalue weighted by Crippen LogP contribution is -2.40. The predicted molar refractivity (Wildman–Crippen MR) is 91.0 cm³/mol. The maximum atomic E-state index is 6.06. The summed E-state index contributed by atoms with van der Waals surface area (Å²) in [6.45, 7) is 11.5. The summed E-state index contributed by atoms with van der Waals surface area (Å²) in [4.78, 5) is 9.01. The molecule has 0 bridgehead atoms. The minimum absolute atomic E-state index is 0.302. The molecule has 1 aromatic carbocycles. The molecule has 0 unspecified atom stereocenters. The first-order valence-corrected chi connectivity index (χ1v) is 13.5. The number of hydrogen-bond acceptors (Lipinski definition) is 2. The fourth-order valence-corrected chi connectivity index (χ4v) is 5.14. The number of hydrogen-bond donors (Lipinski definition) is 0. The highest BCUT2D eigenvalue weighted by Gasteiger charge is 2.23. The van der Waals surface area contributed by atoms with E-state index in [1.807, 2.05) is 0 Å². The summed E-state index contributed by atoms with van der Waals surface area (Å²) in [7, 11) is -2.46. The molecule has 102 valence electrons. The highest BCUT2D eigenvalue weighted by Crippen LogP contribution is 2.21. The normalized spacial score (nSPS) is 12.4. The van der Waals surface area contributed by atoms with Crippen LogP contribution in [0, 0.1) is 0 Å². The van der Waals surface area contributed by atoms with E-state index < -0.39 is 16.9 Å². The van der Waals surface area contributed by atoms with Gasteiger partial charge in [0.2, 0.25) is 0 Å². The standard InChI is InChI=1S/C13H18Cl2N2Si2/c1-18(2)8-6-7-9(19(3,4)5)11-10(8)16-12(14)13(15)17-11/h6-7,18H,1-5H3. The van der Waals surface area contributed by atoms with Crippen molar-refractivity contribution in [2.24, 2.45) is 0 Å². The molecule has 1 heterocycles. The van der Waals surface area contributed by atoms with Gasteiger partial charge in [0.05, 0.1) is 27.9 Å². The Balaban J connectivity index is 2.90. The zero-order valence-corrected chi connectivity index (χ0v) is 15.5. The molecule has 0 saturated carbocycles. The van der Waals surface area contributed by atoms with E-state index in [-0.39, 0.29) is 0 Å². The number of halogens is 2. The molecule has 19 heavy (non-hydrogen) atoms. The first-order valence-electron chi connectivity index (χ1n) is 6.38. The van der Waals surface area contributed by atoms with Crippen molar-refractivity contribution in [3.05, 3.63) is 22.4 Å². The number of benzene rings is 1. The van der Waals surface area contributed by atoms with E-state index in [4.69, 9.17) is 23.2 Å². The highest BCUT2D eigenvalue weighted by atomic mass is 35.5. The SMILES string of the molecule is C[SiH](C)c1ccc([Si](C)(C)C)c2nc(Cl)c(Cl)nc12. The molecule has 0 spiro atoms. The summed E-state index contributed by atoms with van der Waals surface area (Å²) >= 11 is 12.1. The Morgan fingerprint density at radius 2 is 1.47 bits per heavy atom. The number of rotatable bonds is 2. The lowest BCUT2D eigenvalue weighted by Gasteiger charge is -2.20. The zero-order valence-electron chi connectivity index (χ0n) is 11.9. The van der Waals surface area contributed by atoms with Crippen LogP contribution < -0.4 is 10.4 Å². The Hall–Kier alpha value is -0.426. The summed E-state index contributed by atoms with van der Waals surface area (Å²) in [5.74, 6) is 0. The predicted octanol–water partition coefficient (Wildman–Crippen LogP) is 3.18.